The highest BCUT2D eigenvalue weighted by Gasteiger charge is 2.17. The highest BCUT2D eigenvalue weighted by molar-refractivity contribution is 7.19. The summed E-state index contributed by atoms with van der Waals surface area (Å²) in [7, 11) is 3.92. The topological polar surface area (TPSA) is 29.9 Å². The number of thiophene rings is 1. The first-order valence-electron chi connectivity index (χ1n) is 5.93. The molecular formula is C14H15N3S. The van der Waals surface area contributed by atoms with Gasteiger partial charge in [-0.15, -0.1) is 11.3 Å². The van der Waals surface area contributed by atoms with Crippen LogP contribution in [0, 0.1) is 0 Å². The Morgan fingerprint density at radius 2 is 2.11 bits per heavy atom. The Kier molecular flexibility index (Phi) is 2.89. The van der Waals surface area contributed by atoms with E-state index in [1.807, 2.05) is 36.3 Å². The fourth-order valence-corrected chi connectivity index (χ4v) is 3.36. The molecule has 0 spiro atoms. The van der Waals surface area contributed by atoms with Crippen molar-refractivity contribution in [2.24, 2.45) is 7.05 Å². The van der Waals surface area contributed by atoms with E-state index in [9.17, 15) is 0 Å². The van der Waals surface area contributed by atoms with Crippen molar-refractivity contribution in [3.8, 4) is 0 Å². The van der Waals surface area contributed by atoms with Crippen molar-refractivity contribution in [1.29, 1.82) is 0 Å². The van der Waals surface area contributed by atoms with Crippen LogP contribution in [0.25, 0.3) is 10.1 Å². The molecule has 1 N–H and O–H groups in total. The van der Waals surface area contributed by atoms with Gasteiger partial charge in [0.1, 0.15) is 0 Å². The molecule has 0 aliphatic rings. The molecule has 2 aromatic heterocycles. The maximum atomic E-state index is 4.49. The molecule has 1 unspecified atom stereocenters. The van der Waals surface area contributed by atoms with Crippen LogP contribution in [0.1, 0.15) is 16.6 Å². The Hall–Kier alpha value is -1.65. The van der Waals surface area contributed by atoms with Crippen molar-refractivity contribution in [3.05, 3.63) is 53.2 Å². The fourth-order valence-electron chi connectivity index (χ4n) is 2.17. The standard InChI is InChI=1S/C14H15N3S/c1-15-14(11-7-8-17(2)16-11)13-9-10-5-3-4-6-12(10)18-13/h3-9,14-15H,1-2H3. The summed E-state index contributed by atoms with van der Waals surface area (Å²) in [6.07, 6.45) is 1.98. The lowest BCUT2D eigenvalue weighted by atomic mass is 10.1. The van der Waals surface area contributed by atoms with E-state index >= 15 is 0 Å². The Morgan fingerprint density at radius 1 is 1.28 bits per heavy atom. The number of hydrogen-bond donors (Lipinski definition) is 1. The van der Waals surface area contributed by atoms with E-state index in [0.29, 0.717) is 0 Å². The molecule has 92 valence electrons. The molecule has 0 fully saturated rings. The van der Waals surface area contributed by atoms with Gasteiger partial charge in [-0.25, -0.2) is 0 Å². The molecule has 4 heteroatoms. The molecule has 0 aliphatic carbocycles. The van der Waals surface area contributed by atoms with Gasteiger partial charge in [-0.05, 0) is 30.6 Å². The van der Waals surface area contributed by atoms with Crippen molar-refractivity contribution >= 4 is 21.4 Å². The predicted octanol–water partition coefficient (Wildman–Crippen LogP) is 2.94. The van der Waals surface area contributed by atoms with Gasteiger partial charge in [0.15, 0.2) is 0 Å². The second kappa shape index (κ2) is 4.55. The minimum atomic E-state index is 0.170. The molecule has 18 heavy (non-hydrogen) atoms. The zero-order valence-corrected chi connectivity index (χ0v) is 11.2. The normalized spacial score (nSPS) is 13.0. The molecule has 3 aromatic rings. The Bertz CT molecular complexity index is 635. The number of fused-ring (bicyclic) bond motifs is 1. The minimum Gasteiger partial charge on any atom is -0.307 e. The molecule has 1 atom stereocenters. The van der Waals surface area contributed by atoms with Crippen molar-refractivity contribution in [2.45, 2.75) is 6.04 Å². The number of benzene rings is 1. The maximum Gasteiger partial charge on any atom is 0.0861 e. The van der Waals surface area contributed by atoms with E-state index < -0.39 is 0 Å². The summed E-state index contributed by atoms with van der Waals surface area (Å²) in [5, 5.41) is 9.13. The Balaban J connectivity index is 2.05. The molecule has 3 rings (SSSR count). The van der Waals surface area contributed by atoms with Crippen LogP contribution < -0.4 is 5.32 Å². The zero-order chi connectivity index (χ0) is 12.5. The third-order valence-electron chi connectivity index (χ3n) is 3.05. The summed E-state index contributed by atoms with van der Waals surface area (Å²) in [6.45, 7) is 0. The first-order chi connectivity index (χ1) is 8.78. The molecular weight excluding hydrogens is 242 g/mol. The van der Waals surface area contributed by atoms with Gasteiger partial charge in [0.25, 0.3) is 0 Å². The summed E-state index contributed by atoms with van der Waals surface area (Å²) in [5.41, 5.74) is 1.06. The van der Waals surface area contributed by atoms with Gasteiger partial charge in [-0.1, -0.05) is 18.2 Å². The van der Waals surface area contributed by atoms with Crippen LogP contribution in [0.5, 0.6) is 0 Å². The maximum absolute atomic E-state index is 4.49. The average Bonchev–Trinajstić information content (AvgIpc) is 2.96. The van der Waals surface area contributed by atoms with E-state index in [0.717, 1.165) is 5.69 Å². The van der Waals surface area contributed by atoms with E-state index in [4.69, 9.17) is 0 Å². The molecule has 0 bridgehead atoms. The van der Waals surface area contributed by atoms with Crippen LogP contribution in [0.2, 0.25) is 0 Å². The lowest BCUT2D eigenvalue weighted by Gasteiger charge is -2.11. The van der Waals surface area contributed by atoms with Crippen molar-refractivity contribution in [2.75, 3.05) is 7.05 Å². The third kappa shape index (κ3) is 1.94. The van der Waals surface area contributed by atoms with E-state index in [2.05, 4.69) is 46.8 Å². The summed E-state index contributed by atoms with van der Waals surface area (Å²) in [4.78, 5) is 1.30. The third-order valence-corrected chi connectivity index (χ3v) is 4.23. The highest BCUT2D eigenvalue weighted by atomic mass is 32.1. The van der Waals surface area contributed by atoms with Gasteiger partial charge in [0.2, 0.25) is 0 Å². The monoisotopic (exact) mass is 257 g/mol. The lowest BCUT2D eigenvalue weighted by molar-refractivity contribution is 0.650. The first-order valence-corrected chi connectivity index (χ1v) is 6.75. The molecule has 3 nitrogen and oxygen atoms in total. The quantitative estimate of drug-likeness (QED) is 0.782. The SMILES string of the molecule is CNC(c1ccn(C)n1)c1cc2ccccc2s1. The number of nitrogens with one attached hydrogen (secondary N) is 1. The smallest absolute Gasteiger partial charge is 0.0861 e. The number of nitrogens with zero attached hydrogens (tertiary/aromatic N) is 2. The second-order valence-electron chi connectivity index (χ2n) is 4.32. The van der Waals surface area contributed by atoms with Gasteiger partial charge in [-0.2, -0.15) is 5.10 Å². The zero-order valence-electron chi connectivity index (χ0n) is 10.4. The van der Waals surface area contributed by atoms with Crippen molar-refractivity contribution in [1.82, 2.24) is 15.1 Å². The van der Waals surface area contributed by atoms with Crippen molar-refractivity contribution in [3.63, 3.8) is 0 Å². The summed E-state index contributed by atoms with van der Waals surface area (Å²) < 4.78 is 3.16. The molecule has 0 amide bonds. The first kappa shape index (κ1) is 11.4. The molecule has 2 heterocycles. The van der Waals surface area contributed by atoms with Crippen LogP contribution in [0.15, 0.2) is 42.6 Å². The number of rotatable bonds is 3. The van der Waals surface area contributed by atoms with Crippen LogP contribution in [0.3, 0.4) is 0 Å². The highest BCUT2D eigenvalue weighted by Crippen LogP contribution is 2.32. The summed E-state index contributed by atoms with van der Waals surface area (Å²) in [6, 6.07) is 13.0. The lowest BCUT2D eigenvalue weighted by Crippen LogP contribution is -2.17. The van der Waals surface area contributed by atoms with Gasteiger partial charge in [0.05, 0.1) is 11.7 Å². The Morgan fingerprint density at radius 3 is 2.78 bits per heavy atom. The number of hydrogen-bond acceptors (Lipinski definition) is 3. The number of aromatic nitrogens is 2. The summed E-state index contributed by atoms with van der Waals surface area (Å²) in [5.74, 6) is 0. The molecule has 1 aromatic carbocycles. The molecule has 0 radical (unpaired) electrons. The van der Waals surface area contributed by atoms with Gasteiger partial charge < -0.3 is 5.32 Å². The molecule has 0 saturated heterocycles. The van der Waals surface area contributed by atoms with Crippen molar-refractivity contribution < 1.29 is 0 Å². The summed E-state index contributed by atoms with van der Waals surface area (Å²) >= 11 is 1.82. The Labute approximate surface area is 110 Å². The van der Waals surface area contributed by atoms with Gasteiger partial charge in [-0.3, -0.25) is 4.68 Å². The molecule has 0 aliphatic heterocycles. The van der Waals surface area contributed by atoms with Gasteiger partial charge in [0, 0.05) is 22.8 Å². The van der Waals surface area contributed by atoms with E-state index in [1.54, 1.807) is 0 Å². The largest absolute Gasteiger partial charge is 0.307 e. The van der Waals surface area contributed by atoms with E-state index in [1.165, 1.54) is 15.0 Å². The average molecular weight is 257 g/mol. The number of aryl methyl sites for hydroxylation is 1. The van der Waals surface area contributed by atoms with Gasteiger partial charge >= 0.3 is 0 Å². The fraction of sp³-hybridized carbons (Fsp3) is 0.214. The minimum absolute atomic E-state index is 0.170. The van der Waals surface area contributed by atoms with Crippen LogP contribution in [0.4, 0.5) is 0 Å². The second-order valence-corrected chi connectivity index (χ2v) is 5.44. The molecule has 0 saturated carbocycles. The van der Waals surface area contributed by atoms with Crippen LogP contribution in [-0.2, 0) is 7.05 Å². The van der Waals surface area contributed by atoms with E-state index in [-0.39, 0.29) is 6.04 Å². The predicted molar refractivity (Wildman–Crippen MR) is 75.9 cm³/mol. The van der Waals surface area contributed by atoms with Crippen LogP contribution in [-0.4, -0.2) is 16.8 Å². The van der Waals surface area contributed by atoms with Crippen LogP contribution >= 0.6 is 11.3 Å².